The van der Waals surface area contributed by atoms with E-state index in [2.05, 4.69) is 43.8 Å². The molecule has 0 N–H and O–H groups in total. The number of pyridine rings is 1. The highest BCUT2D eigenvalue weighted by molar-refractivity contribution is 9.10. The summed E-state index contributed by atoms with van der Waals surface area (Å²) in [6, 6.07) is 7.69. The molecule has 120 valence electrons. The normalized spacial score (nSPS) is 15.5. The minimum atomic E-state index is 0.0137. The number of benzene rings is 1. The third-order valence-corrected chi connectivity index (χ3v) is 4.75. The zero-order valence-electron chi connectivity index (χ0n) is 13.2. The minimum absolute atomic E-state index is 0.0137. The van der Waals surface area contributed by atoms with Crippen LogP contribution in [0.5, 0.6) is 0 Å². The number of carbonyl (C=O) groups is 1. The number of nitrogens with zero attached hydrogens (tertiary/aromatic N) is 4. The lowest BCUT2D eigenvalue weighted by atomic mass is 10.0. The van der Waals surface area contributed by atoms with Crippen LogP contribution in [0.2, 0.25) is 0 Å². The molecule has 6 heteroatoms. The van der Waals surface area contributed by atoms with Crippen molar-refractivity contribution in [2.24, 2.45) is 9.98 Å². The number of hydrogen-bond donors (Lipinski definition) is 0. The first-order chi connectivity index (χ1) is 11.6. The van der Waals surface area contributed by atoms with Crippen molar-refractivity contribution in [2.75, 3.05) is 13.1 Å². The maximum atomic E-state index is 12.6. The van der Waals surface area contributed by atoms with Gasteiger partial charge >= 0.3 is 0 Å². The fourth-order valence-electron chi connectivity index (χ4n) is 3.05. The van der Waals surface area contributed by atoms with Crippen LogP contribution in [-0.4, -0.2) is 40.4 Å². The summed E-state index contributed by atoms with van der Waals surface area (Å²) in [5, 5.41) is 0. The van der Waals surface area contributed by atoms with Gasteiger partial charge < -0.3 is 4.90 Å². The summed E-state index contributed by atoms with van der Waals surface area (Å²) in [6.07, 6.45) is 3.50. The van der Waals surface area contributed by atoms with Crippen LogP contribution < -0.4 is 0 Å². The minimum Gasteiger partial charge on any atom is -0.312 e. The molecule has 3 heterocycles. The molecule has 5 nitrogen and oxygen atoms in total. The van der Waals surface area contributed by atoms with Crippen molar-refractivity contribution in [2.45, 2.75) is 13.3 Å². The van der Waals surface area contributed by atoms with Crippen molar-refractivity contribution in [1.29, 1.82) is 0 Å². The molecule has 0 saturated heterocycles. The van der Waals surface area contributed by atoms with E-state index < -0.39 is 0 Å². The Hall–Kier alpha value is -2.34. The first-order valence-electron chi connectivity index (χ1n) is 7.77. The molecule has 0 unspecified atom stereocenters. The highest BCUT2D eigenvalue weighted by Crippen LogP contribution is 2.36. The van der Waals surface area contributed by atoms with E-state index in [1.807, 2.05) is 6.07 Å². The zero-order chi connectivity index (χ0) is 16.7. The molecule has 1 aromatic carbocycles. The van der Waals surface area contributed by atoms with Crippen LogP contribution in [0.15, 0.2) is 51.1 Å². The van der Waals surface area contributed by atoms with Gasteiger partial charge in [-0.25, -0.2) is 4.99 Å². The smallest absolute Gasteiger partial charge is 0.171 e. The first-order valence-corrected chi connectivity index (χ1v) is 8.56. The number of rotatable bonds is 3. The topological polar surface area (TPSA) is 57.9 Å². The van der Waals surface area contributed by atoms with E-state index in [1.54, 1.807) is 24.5 Å². The molecule has 0 fully saturated rings. The lowest BCUT2D eigenvalue weighted by Gasteiger charge is -2.28. The average molecular weight is 383 g/mol. The number of halogens is 1. The van der Waals surface area contributed by atoms with Crippen molar-refractivity contribution in [1.82, 2.24) is 9.88 Å². The number of fused-ring (bicyclic) bond motifs is 3. The quantitative estimate of drug-likeness (QED) is 0.762. The van der Waals surface area contributed by atoms with Crippen LogP contribution in [0, 0.1) is 6.92 Å². The Morgan fingerprint density at radius 3 is 3.04 bits per heavy atom. The molecule has 24 heavy (non-hydrogen) atoms. The Morgan fingerprint density at radius 2 is 2.25 bits per heavy atom. The molecule has 0 spiro atoms. The van der Waals surface area contributed by atoms with E-state index in [1.165, 1.54) is 0 Å². The number of aliphatic imine (C=N–C) groups is 2. The molecule has 0 atom stereocenters. The number of ketones is 1. The Kier molecular flexibility index (Phi) is 3.76. The predicted octanol–water partition coefficient (Wildman–Crippen LogP) is 3.53. The molecule has 1 aromatic heterocycles. The van der Waals surface area contributed by atoms with Gasteiger partial charge in [-0.2, -0.15) is 0 Å². The van der Waals surface area contributed by atoms with Crippen molar-refractivity contribution in [3.63, 3.8) is 0 Å². The van der Waals surface area contributed by atoms with Gasteiger partial charge in [0.15, 0.2) is 5.78 Å². The third kappa shape index (κ3) is 2.57. The molecule has 2 aromatic rings. The molecule has 0 aliphatic carbocycles. The van der Waals surface area contributed by atoms with E-state index in [-0.39, 0.29) is 12.2 Å². The Bertz CT molecular complexity index is 889. The fourth-order valence-corrected chi connectivity index (χ4v) is 3.71. The summed E-state index contributed by atoms with van der Waals surface area (Å²) in [5.74, 6) is 1.68. The van der Waals surface area contributed by atoms with Crippen LogP contribution >= 0.6 is 15.9 Å². The summed E-state index contributed by atoms with van der Waals surface area (Å²) < 4.78 is 0.929. The van der Waals surface area contributed by atoms with Gasteiger partial charge in [0, 0.05) is 34.5 Å². The summed E-state index contributed by atoms with van der Waals surface area (Å²) >= 11 is 3.59. The second kappa shape index (κ2) is 5.94. The number of Topliss-reactive ketones (excluding diaryl/α,β-unsaturated/α-hetero) is 1. The van der Waals surface area contributed by atoms with E-state index in [0.29, 0.717) is 5.56 Å². The van der Waals surface area contributed by atoms with E-state index in [0.717, 1.165) is 46.0 Å². The number of hydrogen-bond acceptors (Lipinski definition) is 5. The van der Waals surface area contributed by atoms with Crippen LogP contribution in [0.4, 0.5) is 5.69 Å². The third-order valence-electron chi connectivity index (χ3n) is 4.14. The van der Waals surface area contributed by atoms with Gasteiger partial charge in [0.1, 0.15) is 11.7 Å². The van der Waals surface area contributed by atoms with Crippen LogP contribution in [0.1, 0.15) is 27.9 Å². The predicted molar refractivity (Wildman–Crippen MR) is 97.3 cm³/mol. The van der Waals surface area contributed by atoms with Gasteiger partial charge in [0.25, 0.3) is 0 Å². The van der Waals surface area contributed by atoms with Gasteiger partial charge in [-0.05, 0) is 52.7 Å². The molecule has 0 saturated carbocycles. The molecule has 2 aliphatic heterocycles. The average Bonchev–Trinajstić information content (AvgIpc) is 3.07. The van der Waals surface area contributed by atoms with Crippen LogP contribution in [-0.2, 0) is 0 Å². The Labute approximate surface area is 148 Å². The molecule has 0 amide bonds. The maximum Gasteiger partial charge on any atom is 0.171 e. The SMILES string of the molecule is Cc1cc(Br)c2c(c1)C1=NCCN1C(CC(=O)c1cccnc1)=N2. The maximum absolute atomic E-state index is 12.6. The van der Waals surface area contributed by atoms with Gasteiger partial charge in [-0.1, -0.05) is 0 Å². The largest absolute Gasteiger partial charge is 0.312 e. The second-order valence-electron chi connectivity index (χ2n) is 5.87. The molecule has 0 radical (unpaired) electrons. The van der Waals surface area contributed by atoms with E-state index in [9.17, 15) is 4.79 Å². The lowest BCUT2D eigenvalue weighted by molar-refractivity contribution is 0.0998. The lowest BCUT2D eigenvalue weighted by Crippen LogP contribution is -2.38. The van der Waals surface area contributed by atoms with Crippen LogP contribution in [0.3, 0.4) is 0 Å². The number of aryl methyl sites for hydroxylation is 1. The summed E-state index contributed by atoms with van der Waals surface area (Å²) in [7, 11) is 0. The highest BCUT2D eigenvalue weighted by atomic mass is 79.9. The van der Waals surface area contributed by atoms with E-state index in [4.69, 9.17) is 4.99 Å². The molecular weight excluding hydrogens is 368 g/mol. The molecule has 0 bridgehead atoms. The second-order valence-corrected chi connectivity index (χ2v) is 6.72. The van der Waals surface area contributed by atoms with Crippen molar-refractivity contribution < 1.29 is 4.79 Å². The standard InChI is InChI=1S/C18H15BrN4O/c1-11-7-13-17(14(19)8-11)22-16(23-6-5-21-18(13)23)9-15(24)12-3-2-4-20-10-12/h2-4,7-8,10H,5-6,9H2,1H3. The van der Waals surface area contributed by atoms with Gasteiger partial charge in [0.05, 0.1) is 18.7 Å². The van der Waals surface area contributed by atoms with Gasteiger partial charge in [-0.3, -0.25) is 14.8 Å². The Balaban J connectivity index is 1.74. The fraction of sp³-hybridized carbons (Fsp3) is 0.222. The molecule has 4 rings (SSSR count). The zero-order valence-corrected chi connectivity index (χ0v) is 14.7. The first kappa shape index (κ1) is 15.2. The van der Waals surface area contributed by atoms with Gasteiger partial charge in [-0.15, -0.1) is 0 Å². The van der Waals surface area contributed by atoms with Crippen LogP contribution in [0.25, 0.3) is 0 Å². The summed E-state index contributed by atoms with van der Waals surface area (Å²) in [4.78, 5) is 28.0. The van der Waals surface area contributed by atoms with Crippen molar-refractivity contribution in [3.8, 4) is 0 Å². The van der Waals surface area contributed by atoms with E-state index >= 15 is 0 Å². The number of aromatic nitrogens is 1. The summed E-state index contributed by atoms with van der Waals surface area (Å²) in [6.45, 7) is 3.54. The number of carbonyl (C=O) groups excluding carboxylic acids is 1. The monoisotopic (exact) mass is 382 g/mol. The molecular formula is C18H15BrN4O. The number of amidine groups is 2. The highest BCUT2D eigenvalue weighted by Gasteiger charge is 2.31. The molecule has 2 aliphatic rings. The van der Waals surface area contributed by atoms with Crippen molar-refractivity contribution in [3.05, 3.63) is 57.8 Å². The van der Waals surface area contributed by atoms with Crippen molar-refractivity contribution >= 4 is 39.1 Å². The summed E-state index contributed by atoms with van der Waals surface area (Å²) in [5.41, 5.74) is 3.63. The van der Waals surface area contributed by atoms with Gasteiger partial charge in [0.2, 0.25) is 0 Å². The Morgan fingerprint density at radius 1 is 1.38 bits per heavy atom.